The number of rotatable bonds is 1. The van der Waals surface area contributed by atoms with Gasteiger partial charge in [-0.15, -0.1) is 0 Å². The fourth-order valence-electron chi connectivity index (χ4n) is 1.82. The Kier molecular flexibility index (Phi) is 2.37. The third kappa shape index (κ3) is 1.37. The van der Waals surface area contributed by atoms with Gasteiger partial charge < -0.3 is 10.3 Å². The highest BCUT2D eigenvalue weighted by Crippen LogP contribution is 2.29. The molecule has 3 heteroatoms. The number of hydrogen-bond donors (Lipinski definition) is 1. The van der Waals surface area contributed by atoms with Crippen LogP contribution in [0.3, 0.4) is 0 Å². The maximum atomic E-state index is 5.93. The lowest BCUT2D eigenvalue weighted by Gasteiger charge is -2.09. The van der Waals surface area contributed by atoms with Crippen molar-refractivity contribution in [1.29, 1.82) is 0 Å². The molecule has 1 atom stereocenters. The Balaban J connectivity index is 2.85. The lowest BCUT2D eigenvalue weighted by Crippen LogP contribution is -2.06. The van der Waals surface area contributed by atoms with E-state index >= 15 is 0 Å². The maximum absolute atomic E-state index is 5.93. The Hall–Kier alpha value is -0.800. The van der Waals surface area contributed by atoms with Crippen LogP contribution in [0.2, 0.25) is 0 Å². The molecule has 1 heterocycles. The summed E-state index contributed by atoms with van der Waals surface area (Å²) in [6.07, 6.45) is 2.07. The highest BCUT2D eigenvalue weighted by atomic mass is 79.9. The van der Waals surface area contributed by atoms with Crippen LogP contribution in [0.4, 0.5) is 0 Å². The molecule has 0 saturated carbocycles. The SMILES string of the molecule is CC(N)c1cccc2c(Br)cn(C)c12. The molecule has 0 aliphatic carbocycles. The Labute approximate surface area is 91.8 Å². The summed E-state index contributed by atoms with van der Waals surface area (Å²) in [5, 5.41) is 1.22. The molecule has 2 rings (SSSR count). The van der Waals surface area contributed by atoms with Gasteiger partial charge in [0, 0.05) is 29.1 Å². The molecule has 1 aromatic carbocycles. The average Bonchev–Trinajstić information content (AvgIpc) is 2.43. The monoisotopic (exact) mass is 252 g/mol. The molecular weight excluding hydrogens is 240 g/mol. The third-order valence-electron chi connectivity index (χ3n) is 2.47. The van der Waals surface area contributed by atoms with Gasteiger partial charge in [-0.2, -0.15) is 0 Å². The second-order valence-electron chi connectivity index (χ2n) is 3.62. The summed E-state index contributed by atoms with van der Waals surface area (Å²) in [5.74, 6) is 0. The number of fused-ring (bicyclic) bond motifs is 1. The van der Waals surface area contributed by atoms with Crippen LogP contribution >= 0.6 is 15.9 Å². The molecule has 74 valence electrons. The van der Waals surface area contributed by atoms with Crippen molar-refractivity contribution in [3.8, 4) is 0 Å². The smallest absolute Gasteiger partial charge is 0.0537 e. The fourth-order valence-corrected chi connectivity index (χ4v) is 2.45. The Bertz CT molecular complexity index is 471. The minimum absolute atomic E-state index is 0.0687. The molecule has 2 N–H and O–H groups in total. The van der Waals surface area contributed by atoms with Gasteiger partial charge in [0.05, 0.1) is 5.52 Å². The first-order chi connectivity index (χ1) is 6.61. The number of benzene rings is 1. The van der Waals surface area contributed by atoms with E-state index in [0.717, 1.165) is 4.47 Å². The predicted molar refractivity (Wildman–Crippen MR) is 63.2 cm³/mol. The van der Waals surface area contributed by atoms with Crippen molar-refractivity contribution in [3.05, 3.63) is 34.4 Å². The number of aromatic nitrogens is 1. The van der Waals surface area contributed by atoms with Crippen LogP contribution in [0.5, 0.6) is 0 Å². The third-order valence-corrected chi connectivity index (χ3v) is 3.11. The molecule has 0 fully saturated rings. The van der Waals surface area contributed by atoms with Gasteiger partial charge >= 0.3 is 0 Å². The van der Waals surface area contributed by atoms with E-state index in [4.69, 9.17) is 5.73 Å². The molecule has 0 spiro atoms. The number of hydrogen-bond acceptors (Lipinski definition) is 1. The molecule has 1 unspecified atom stereocenters. The van der Waals surface area contributed by atoms with Crippen LogP contribution in [0, 0.1) is 0 Å². The van der Waals surface area contributed by atoms with E-state index in [1.807, 2.05) is 20.0 Å². The second kappa shape index (κ2) is 3.41. The van der Waals surface area contributed by atoms with E-state index in [9.17, 15) is 0 Å². The van der Waals surface area contributed by atoms with Gasteiger partial charge in [-0.3, -0.25) is 0 Å². The average molecular weight is 253 g/mol. The largest absolute Gasteiger partial charge is 0.349 e. The maximum Gasteiger partial charge on any atom is 0.0537 e. The van der Waals surface area contributed by atoms with Crippen LogP contribution in [0.25, 0.3) is 10.9 Å². The standard InChI is InChI=1S/C11H13BrN2/c1-7(13)8-4-3-5-9-10(12)6-14(2)11(8)9/h3-7H,13H2,1-2H3. The van der Waals surface area contributed by atoms with E-state index in [2.05, 4.69) is 38.8 Å². The molecule has 14 heavy (non-hydrogen) atoms. The molecule has 2 aromatic rings. The zero-order valence-electron chi connectivity index (χ0n) is 8.29. The summed E-state index contributed by atoms with van der Waals surface area (Å²) in [7, 11) is 2.04. The van der Waals surface area contributed by atoms with Crippen LogP contribution in [-0.2, 0) is 7.05 Å². The Morgan fingerprint density at radius 3 is 2.79 bits per heavy atom. The van der Waals surface area contributed by atoms with E-state index in [-0.39, 0.29) is 6.04 Å². The van der Waals surface area contributed by atoms with Crippen LogP contribution < -0.4 is 5.73 Å². The summed E-state index contributed by atoms with van der Waals surface area (Å²) >= 11 is 3.54. The van der Waals surface area contributed by atoms with Gasteiger partial charge in [0.1, 0.15) is 0 Å². The summed E-state index contributed by atoms with van der Waals surface area (Å²) < 4.78 is 3.23. The normalized spacial score (nSPS) is 13.4. The van der Waals surface area contributed by atoms with Crippen molar-refractivity contribution in [2.24, 2.45) is 12.8 Å². The first kappa shape index (κ1) is 9.74. The topological polar surface area (TPSA) is 30.9 Å². The quantitative estimate of drug-likeness (QED) is 0.832. The zero-order valence-corrected chi connectivity index (χ0v) is 9.88. The molecule has 2 nitrogen and oxygen atoms in total. The van der Waals surface area contributed by atoms with Crippen molar-refractivity contribution in [1.82, 2.24) is 4.57 Å². The first-order valence-electron chi connectivity index (χ1n) is 4.60. The predicted octanol–water partition coefficient (Wildman–Crippen LogP) is 2.96. The molecular formula is C11H13BrN2. The van der Waals surface area contributed by atoms with Gasteiger partial charge in [-0.05, 0) is 28.4 Å². The van der Waals surface area contributed by atoms with Gasteiger partial charge in [0.2, 0.25) is 0 Å². The van der Waals surface area contributed by atoms with Crippen molar-refractivity contribution >= 4 is 26.8 Å². The van der Waals surface area contributed by atoms with Crippen molar-refractivity contribution in [2.75, 3.05) is 0 Å². The number of nitrogens with two attached hydrogens (primary N) is 1. The fraction of sp³-hybridized carbons (Fsp3) is 0.273. The number of aryl methyl sites for hydroxylation is 1. The molecule has 0 radical (unpaired) electrons. The number of para-hydroxylation sites is 1. The van der Waals surface area contributed by atoms with E-state index in [0.29, 0.717) is 0 Å². The van der Waals surface area contributed by atoms with Crippen molar-refractivity contribution < 1.29 is 0 Å². The summed E-state index contributed by atoms with van der Waals surface area (Å²) in [6, 6.07) is 6.30. The van der Waals surface area contributed by atoms with E-state index in [1.165, 1.54) is 16.5 Å². The molecule has 1 aromatic heterocycles. The van der Waals surface area contributed by atoms with E-state index < -0.39 is 0 Å². The van der Waals surface area contributed by atoms with Crippen molar-refractivity contribution in [3.63, 3.8) is 0 Å². The summed E-state index contributed by atoms with van der Waals surface area (Å²) in [5.41, 5.74) is 8.34. The minimum Gasteiger partial charge on any atom is -0.349 e. The Morgan fingerprint density at radius 1 is 1.43 bits per heavy atom. The molecule has 0 bridgehead atoms. The summed E-state index contributed by atoms with van der Waals surface area (Å²) in [6.45, 7) is 2.01. The highest BCUT2D eigenvalue weighted by Gasteiger charge is 2.10. The van der Waals surface area contributed by atoms with Crippen LogP contribution in [-0.4, -0.2) is 4.57 Å². The molecule has 0 saturated heterocycles. The number of halogens is 1. The number of nitrogens with zero attached hydrogens (tertiary/aromatic N) is 1. The second-order valence-corrected chi connectivity index (χ2v) is 4.47. The molecule has 0 aliphatic heterocycles. The lowest BCUT2D eigenvalue weighted by atomic mass is 10.1. The Morgan fingerprint density at radius 2 is 2.14 bits per heavy atom. The van der Waals surface area contributed by atoms with Crippen LogP contribution in [0.15, 0.2) is 28.9 Å². The minimum atomic E-state index is 0.0687. The van der Waals surface area contributed by atoms with Crippen molar-refractivity contribution in [2.45, 2.75) is 13.0 Å². The van der Waals surface area contributed by atoms with Gasteiger partial charge in [-0.25, -0.2) is 0 Å². The highest BCUT2D eigenvalue weighted by molar-refractivity contribution is 9.10. The lowest BCUT2D eigenvalue weighted by molar-refractivity contribution is 0.814. The van der Waals surface area contributed by atoms with Gasteiger partial charge in [0.15, 0.2) is 0 Å². The van der Waals surface area contributed by atoms with Crippen LogP contribution in [0.1, 0.15) is 18.5 Å². The van der Waals surface area contributed by atoms with Gasteiger partial charge in [-0.1, -0.05) is 18.2 Å². The summed E-state index contributed by atoms with van der Waals surface area (Å²) in [4.78, 5) is 0. The van der Waals surface area contributed by atoms with E-state index in [1.54, 1.807) is 0 Å². The zero-order chi connectivity index (χ0) is 10.3. The molecule has 0 amide bonds. The first-order valence-corrected chi connectivity index (χ1v) is 5.39. The molecule has 0 aliphatic rings. The van der Waals surface area contributed by atoms with Gasteiger partial charge in [0.25, 0.3) is 0 Å².